The van der Waals surface area contributed by atoms with Gasteiger partial charge in [-0.1, -0.05) is 0 Å². The van der Waals surface area contributed by atoms with Gasteiger partial charge in [-0.05, 0) is 6.92 Å². The predicted molar refractivity (Wildman–Crippen MR) is 49.7 cm³/mol. The summed E-state index contributed by atoms with van der Waals surface area (Å²) < 4.78 is 6.52. The molecule has 5 nitrogen and oxygen atoms in total. The Morgan fingerprint density at radius 2 is 2.36 bits per heavy atom. The van der Waals surface area contributed by atoms with Crippen LogP contribution in [0.3, 0.4) is 0 Å². The Morgan fingerprint density at radius 3 is 3.00 bits per heavy atom. The molecule has 0 unspecified atom stereocenters. The molecule has 0 bridgehead atoms. The number of hydrogen-bond acceptors (Lipinski definition) is 4. The molecule has 0 N–H and O–H groups in total. The van der Waals surface area contributed by atoms with Crippen molar-refractivity contribution >= 4 is 11.9 Å². The molecule has 0 aliphatic rings. The molecule has 0 saturated heterocycles. The zero-order valence-corrected chi connectivity index (χ0v) is 7.89. The molecular formula is C9H9N3O2. The summed E-state index contributed by atoms with van der Waals surface area (Å²) >= 11 is 0. The number of aryl methyl sites for hydroxylation is 1. The zero-order chi connectivity index (χ0) is 10.1. The van der Waals surface area contributed by atoms with Crippen molar-refractivity contribution in [2.75, 3.05) is 7.11 Å². The fourth-order valence-electron chi connectivity index (χ4n) is 1.29. The van der Waals surface area contributed by atoms with Gasteiger partial charge in [0.15, 0.2) is 11.9 Å². The largest absolute Gasteiger partial charge is 0.481 e. The lowest BCUT2D eigenvalue weighted by atomic mass is 10.3. The topological polar surface area (TPSA) is 56.5 Å². The van der Waals surface area contributed by atoms with E-state index in [-0.39, 0.29) is 0 Å². The number of hydrogen-bond donors (Lipinski definition) is 0. The van der Waals surface area contributed by atoms with Crippen molar-refractivity contribution in [1.82, 2.24) is 14.6 Å². The van der Waals surface area contributed by atoms with Gasteiger partial charge in [-0.25, -0.2) is 4.52 Å². The van der Waals surface area contributed by atoms with Crippen LogP contribution in [0.15, 0.2) is 12.3 Å². The highest BCUT2D eigenvalue weighted by atomic mass is 16.5. The van der Waals surface area contributed by atoms with E-state index in [1.54, 1.807) is 23.7 Å². The maximum absolute atomic E-state index is 10.8. The Hall–Kier alpha value is -1.91. The van der Waals surface area contributed by atoms with Crippen LogP contribution in [0.1, 0.15) is 16.1 Å². The standard InChI is InChI=1S/C9H9N3O2/c1-6-7(5-13)9-10-8(14-2)3-4-12(9)11-6/h3-5H,1-2H3. The first-order chi connectivity index (χ1) is 6.76. The maximum Gasteiger partial charge on any atom is 0.216 e. The van der Waals surface area contributed by atoms with E-state index >= 15 is 0 Å². The quantitative estimate of drug-likeness (QED) is 0.660. The van der Waals surface area contributed by atoms with Crippen molar-refractivity contribution in [3.63, 3.8) is 0 Å². The van der Waals surface area contributed by atoms with E-state index in [0.717, 1.165) is 6.29 Å². The van der Waals surface area contributed by atoms with Gasteiger partial charge in [-0.3, -0.25) is 4.79 Å². The molecule has 14 heavy (non-hydrogen) atoms. The van der Waals surface area contributed by atoms with Gasteiger partial charge < -0.3 is 4.74 Å². The zero-order valence-electron chi connectivity index (χ0n) is 7.89. The summed E-state index contributed by atoms with van der Waals surface area (Å²) in [4.78, 5) is 14.9. The number of nitrogens with zero attached hydrogens (tertiary/aromatic N) is 3. The van der Waals surface area contributed by atoms with E-state index in [1.807, 2.05) is 0 Å². The van der Waals surface area contributed by atoms with Gasteiger partial charge in [0.25, 0.3) is 0 Å². The summed E-state index contributed by atoms with van der Waals surface area (Å²) in [5, 5.41) is 4.13. The smallest absolute Gasteiger partial charge is 0.216 e. The SMILES string of the molecule is COc1ccn2nc(C)c(C=O)c2n1. The van der Waals surface area contributed by atoms with E-state index in [1.165, 1.54) is 7.11 Å². The average molecular weight is 191 g/mol. The highest BCUT2D eigenvalue weighted by Gasteiger charge is 2.09. The number of aromatic nitrogens is 3. The molecule has 0 fully saturated rings. The molecule has 0 aromatic carbocycles. The normalized spacial score (nSPS) is 10.4. The first-order valence-corrected chi connectivity index (χ1v) is 4.11. The van der Waals surface area contributed by atoms with Crippen molar-refractivity contribution < 1.29 is 9.53 Å². The summed E-state index contributed by atoms with van der Waals surface area (Å²) in [5.74, 6) is 0.473. The lowest BCUT2D eigenvalue weighted by Crippen LogP contribution is -1.93. The van der Waals surface area contributed by atoms with Crippen LogP contribution < -0.4 is 4.74 Å². The van der Waals surface area contributed by atoms with Crippen LogP contribution >= 0.6 is 0 Å². The van der Waals surface area contributed by atoms with Crippen LogP contribution in [0.2, 0.25) is 0 Å². The van der Waals surface area contributed by atoms with E-state index in [4.69, 9.17) is 4.74 Å². The lowest BCUT2D eigenvalue weighted by molar-refractivity contribution is 0.112. The average Bonchev–Trinajstić information content (AvgIpc) is 2.52. The maximum atomic E-state index is 10.8. The number of aldehydes is 1. The van der Waals surface area contributed by atoms with Crippen molar-refractivity contribution in [3.05, 3.63) is 23.5 Å². The highest BCUT2D eigenvalue weighted by Crippen LogP contribution is 2.14. The van der Waals surface area contributed by atoms with Crippen LogP contribution in [0, 0.1) is 6.92 Å². The third-order valence-electron chi connectivity index (χ3n) is 2.01. The van der Waals surface area contributed by atoms with E-state index in [0.29, 0.717) is 22.8 Å². The minimum Gasteiger partial charge on any atom is -0.481 e. The summed E-state index contributed by atoms with van der Waals surface area (Å²) in [6.07, 6.45) is 2.46. The van der Waals surface area contributed by atoms with Crippen molar-refractivity contribution in [2.45, 2.75) is 6.92 Å². The molecule has 2 rings (SSSR count). The van der Waals surface area contributed by atoms with Gasteiger partial charge in [0.1, 0.15) is 0 Å². The number of carbonyl (C=O) groups is 1. The summed E-state index contributed by atoms with van der Waals surface area (Å²) in [6, 6.07) is 1.69. The fraction of sp³-hybridized carbons (Fsp3) is 0.222. The number of carbonyl (C=O) groups excluding carboxylic acids is 1. The van der Waals surface area contributed by atoms with Crippen LogP contribution in [-0.4, -0.2) is 28.0 Å². The monoisotopic (exact) mass is 191 g/mol. The molecule has 5 heteroatoms. The molecular weight excluding hydrogens is 182 g/mol. The molecule has 0 spiro atoms. The van der Waals surface area contributed by atoms with E-state index in [2.05, 4.69) is 10.1 Å². The Balaban J connectivity index is 2.77. The molecule has 72 valence electrons. The van der Waals surface area contributed by atoms with Gasteiger partial charge in [0, 0.05) is 12.3 Å². The van der Waals surface area contributed by atoms with Gasteiger partial charge in [0.2, 0.25) is 5.88 Å². The fourth-order valence-corrected chi connectivity index (χ4v) is 1.29. The highest BCUT2D eigenvalue weighted by molar-refractivity contribution is 5.85. The lowest BCUT2D eigenvalue weighted by Gasteiger charge is -1.97. The second-order valence-corrected chi connectivity index (χ2v) is 2.86. The Bertz CT molecular complexity index is 490. The molecule has 0 saturated carbocycles. The van der Waals surface area contributed by atoms with Gasteiger partial charge >= 0.3 is 0 Å². The molecule has 0 radical (unpaired) electrons. The Morgan fingerprint density at radius 1 is 1.57 bits per heavy atom. The predicted octanol–water partition coefficient (Wildman–Crippen LogP) is 0.859. The molecule has 0 amide bonds. The van der Waals surface area contributed by atoms with E-state index < -0.39 is 0 Å². The third-order valence-corrected chi connectivity index (χ3v) is 2.01. The first kappa shape index (κ1) is 8.68. The number of methoxy groups -OCH3 is 1. The van der Waals surface area contributed by atoms with Gasteiger partial charge in [-0.15, -0.1) is 0 Å². The minimum absolute atomic E-state index is 0.473. The Kier molecular flexibility index (Phi) is 1.92. The van der Waals surface area contributed by atoms with Crippen molar-refractivity contribution in [1.29, 1.82) is 0 Å². The van der Waals surface area contributed by atoms with Crippen LogP contribution in [-0.2, 0) is 0 Å². The number of ether oxygens (including phenoxy) is 1. The summed E-state index contributed by atoms with van der Waals surface area (Å²) in [5.41, 5.74) is 1.70. The Labute approximate surface area is 80.3 Å². The van der Waals surface area contributed by atoms with Crippen LogP contribution in [0.5, 0.6) is 5.88 Å². The number of rotatable bonds is 2. The van der Waals surface area contributed by atoms with E-state index in [9.17, 15) is 4.79 Å². The van der Waals surface area contributed by atoms with Gasteiger partial charge in [0.05, 0.1) is 18.4 Å². The molecule has 2 aromatic rings. The molecule has 0 aliphatic heterocycles. The van der Waals surface area contributed by atoms with Crippen molar-refractivity contribution in [2.24, 2.45) is 0 Å². The second-order valence-electron chi connectivity index (χ2n) is 2.86. The summed E-state index contributed by atoms with van der Waals surface area (Å²) in [6.45, 7) is 1.77. The first-order valence-electron chi connectivity index (χ1n) is 4.11. The third kappa shape index (κ3) is 1.14. The molecule has 0 aliphatic carbocycles. The molecule has 2 heterocycles. The van der Waals surface area contributed by atoms with Gasteiger partial charge in [-0.2, -0.15) is 10.1 Å². The van der Waals surface area contributed by atoms with Crippen LogP contribution in [0.4, 0.5) is 0 Å². The molecule has 2 aromatic heterocycles. The number of fused-ring (bicyclic) bond motifs is 1. The van der Waals surface area contributed by atoms with Crippen LogP contribution in [0.25, 0.3) is 5.65 Å². The van der Waals surface area contributed by atoms with Crippen molar-refractivity contribution in [3.8, 4) is 5.88 Å². The summed E-state index contributed by atoms with van der Waals surface area (Å²) in [7, 11) is 1.53. The second kappa shape index (κ2) is 3.10. The molecule has 0 atom stereocenters. The minimum atomic E-state index is 0.473.